The highest BCUT2D eigenvalue weighted by atomic mass is 32.1. The Morgan fingerprint density at radius 2 is 2.14 bits per heavy atom. The summed E-state index contributed by atoms with van der Waals surface area (Å²) in [4.78, 5) is 18.6. The van der Waals surface area contributed by atoms with Crippen LogP contribution in [0.1, 0.15) is 62.1 Å². The quantitative estimate of drug-likeness (QED) is 0.792. The number of hydrogen-bond acceptors (Lipinski definition) is 4. The summed E-state index contributed by atoms with van der Waals surface area (Å²) in [5.41, 5.74) is 2.14. The largest absolute Gasteiger partial charge is 0.461 e. The maximum atomic E-state index is 11.8. The second-order valence-electron chi connectivity index (χ2n) is 7.28. The van der Waals surface area contributed by atoms with Crippen LogP contribution in [0.5, 0.6) is 0 Å². The summed E-state index contributed by atoms with van der Waals surface area (Å²) in [5.74, 6) is -0.337. The van der Waals surface area contributed by atoms with E-state index >= 15 is 0 Å². The molecule has 0 saturated heterocycles. The Labute approximate surface area is 129 Å². The van der Waals surface area contributed by atoms with Crippen molar-refractivity contribution in [3.8, 4) is 0 Å². The number of hydrogen-bond donors (Lipinski definition) is 0. The van der Waals surface area contributed by atoms with E-state index in [1.165, 1.54) is 17.0 Å². The molecule has 2 aromatic rings. The summed E-state index contributed by atoms with van der Waals surface area (Å²) in [6.07, 6.45) is 4.02. The summed E-state index contributed by atoms with van der Waals surface area (Å²) in [6, 6.07) is 0. The lowest BCUT2D eigenvalue weighted by Crippen LogP contribution is -2.34. The van der Waals surface area contributed by atoms with Crippen molar-refractivity contribution in [1.82, 2.24) is 9.38 Å². The van der Waals surface area contributed by atoms with E-state index in [2.05, 4.69) is 37.1 Å². The van der Waals surface area contributed by atoms with Crippen molar-refractivity contribution in [3.05, 3.63) is 22.5 Å². The fraction of sp³-hybridized carbons (Fsp3) is 0.625. The first-order valence-corrected chi connectivity index (χ1v) is 8.23. The molecule has 5 heteroatoms. The summed E-state index contributed by atoms with van der Waals surface area (Å²) >= 11 is 1.71. The van der Waals surface area contributed by atoms with Gasteiger partial charge in [-0.1, -0.05) is 27.7 Å². The molecule has 0 bridgehead atoms. The molecule has 1 aliphatic rings. The summed E-state index contributed by atoms with van der Waals surface area (Å²) in [7, 11) is 0. The lowest BCUT2D eigenvalue weighted by Gasteiger charge is -2.40. The molecule has 0 atom stereocenters. The molecule has 3 rings (SSSR count). The van der Waals surface area contributed by atoms with E-state index in [1.807, 2.05) is 13.1 Å². The Kier molecular flexibility index (Phi) is 3.17. The number of carbonyl (C=O) groups excluding carboxylic acids is 1. The second kappa shape index (κ2) is 4.57. The van der Waals surface area contributed by atoms with Gasteiger partial charge in [0.25, 0.3) is 0 Å². The fourth-order valence-electron chi connectivity index (χ4n) is 3.68. The summed E-state index contributed by atoms with van der Waals surface area (Å²) in [5, 5.41) is 0. The number of thiazole rings is 1. The van der Waals surface area contributed by atoms with Gasteiger partial charge < -0.3 is 4.74 Å². The van der Waals surface area contributed by atoms with Crippen LogP contribution in [0.4, 0.5) is 0 Å². The van der Waals surface area contributed by atoms with E-state index in [0.717, 1.165) is 11.4 Å². The molecular weight excluding hydrogens is 284 g/mol. The molecule has 0 unspecified atom stereocenters. The molecule has 2 heterocycles. The van der Waals surface area contributed by atoms with Crippen molar-refractivity contribution >= 4 is 22.3 Å². The molecule has 4 nitrogen and oxygen atoms in total. The van der Waals surface area contributed by atoms with Crippen LogP contribution in [0, 0.1) is 5.41 Å². The molecule has 114 valence electrons. The van der Waals surface area contributed by atoms with Gasteiger partial charge in [-0.15, -0.1) is 11.3 Å². The number of ether oxygens (including phenoxy) is 1. The van der Waals surface area contributed by atoms with Crippen molar-refractivity contribution < 1.29 is 9.53 Å². The van der Waals surface area contributed by atoms with Gasteiger partial charge in [0, 0.05) is 22.2 Å². The van der Waals surface area contributed by atoms with E-state index < -0.39 is 0 Å². The maximum Gasteiger partial charge on any atom is 0.358 e. The minimum absolute atomic E-state index is 0.159. The van der Waals surface area contributed by atoms with Crippen LogP contribution in [-0.2, 0) is 16.6 Å². The van der Waals surface area contributed by atoms with E-state index in [9.17, 15) is 4.79 Å². The van der Waals surface area contributed by atoms with E-state index in [0.29, 0.717) is 12.3 Å². The average molecular weight is 306 g/mol. The Hall–Kier alpha value is -1.36. The third-order valence-electron chi connectivity index (χ3n) is 4.09. The lowest BCUT2D eigenvalue weighted by molar-refractivity contribution is 0.0520. The van der Waals surface area contributed by atoms with Crippen LogP contribution in [0.25, 0.3) is 4.96 Å². The van der Waals surface area contributed by atoms with Crippen molar-refractivity contribution in [2.75, 3.05) is 6.61 Å². The minimum Gasteiger partial charge on any atom is -0.461 e. The highest BCUT2D eigenvalue weighted by Gasteiger charge is 2.40. The highest BCUT2D eigenvalue weighted by molar-refractivity contribution is 7.17. The molecule has 0 aromatic carbocycles. The zero-order valence-corrected chi connectivity index (χ0v) is 14.1. The standard InChI is InChI=1S/C16H22N2O2S/c1-6-20-13(19)10-8-18-11-7-15(2,3)9-16(4,5)12(11)21-14(18)17-10/h8H,6-7,9H2,1-5H3. The van der Waals surface area contributed by atoms with E-state index in [4.69, 9.17) is 4.74 Å². The monoisotopic (exact) mass is 306 g/mol. The van der Waals surface area contributed by atoms with Crippen LogP contribution in [-0.4, -0.2) is 22.0 Å². The van der Waals surface area contributed by atoms with Gasteiger partial charge in [-0.2, -0.15) is 0 Å². The van der Waals surface area contributed by atoms with Crippen molar-refractivity contribution in [2.45, 2.75) is 52.9 Å². The molecule has 0 spiro atoms. The summed E-state index contributed by atoms with van der Waals surface area (Å²) in [6.45, 7) is 11.4. The predicted octanol–water partition coefficient (Wildman–Crippen LogP) is 3.82. The Morgan fingerprint density at radius 1 is 1.43 bits per heavy atom. The number of fused-ring (bicyclic) bond motifs is 3. The molecule has 0 aliphatic heterocycles. The number of esters is 1. The van der Waals surface area contributed by atoms with Crippen molar-refractivity contribution in [1.29, 1.82) is 0 Å². The number of imidazole rings is 1. The number of carbonyl (C=O) groups is 1. The third-order valence-corrected chi connectivity index (χ3v) is 5.55. The zero-order valence-electron chi connectivity index (χ0n) is 13.3. The molecule has 0 saturated carbocycles. The van der Waals surface area contributed by atoms with Gasteiger partial charge in [0.2, 0.25) is 0 Å². The maximum absolute atomic E-state index is 11.8. The lowest BCUT2D eigenvalue weighted by atomic mass is 9.67. The van der Waals surface area contributed by atoms with E-state index in [-0.39, 0.29) is 16.8 Å². The van der Waals surface area contributed by atoms with Gasteiger partial charge in [-0.3, -0.25) is 4.40 Å². The summed E-state index contributed by atoms with van der Waals surface area (Å²) < 4.78 is 7.13. The molecule has 21 heavy (non-hydrogen) atoms. The Bertz CT molecular complexity index is 709. The first-order chi connectivity index (χ1) is 9.73. The predicted molar refractivity (Wildman–Crippen MR) is 84.2 cm³/mol. The van der Waals surface area contributed by atoms with Crippen molar-refractivity contribution in [2.24, 2.45) is 5.41 Å². The molecule has 1 aliphatic carbocycles. The smallest absolute Gasteiger partial charge is 0.358 e. The van der Waals surface area contributed by atoms with Gasteiger partial charge >= 0.3 is 5.97 Å². The normalized spacial score (nSPS) is 19.5. The van der Waals surface area contributed by atoms with Crippen LogP contribution in [0.2, 0.25) is 0 Å². The molecule has 0 N–H and O–H groups in total. The first-order valence-electron chi connectivity index (χ1n) is 7.42. The van der Waals surface area contributed by atoms with Crippen LogP contribution >= 0.6 is 11.3 Å². The first kappa shape index (κ1) is 14.6. The highest BCUT2D eigenvalue weighted by Crippen LogP contribution is 2.48. The SMILES string of the molecule is CCOC(=O)c1cn2c3c(sc2n1)C(C)(C)CC(C)(C)C3. The molecule has 0 radical (unpaired) electrons. The fourth-order valence-corrected chi connectivity index (χ4v) is 4.90. The molecule has 0 fully saturated rings. The average Bonchev–Trinajstić information content (AvgIpc) is 2.86. The van der Waals surface area contributed by atoms with Crippen LogP contribution < -0.4 is 0 Å². The van der Waals surface area contributed by atoms with Crippen molar-refractivity contribution in [3.63, 3.8) is 0 Å². The third kappa shape index (κ3) is 2.37. The van der Waals surface area contributed by atoms with E-state index in [1.54, 1.807) is 11.3 Å². The van der Waals surface area contributed by atoms with Crippen LogP contribution in [0.15, 0.2) is 6.20 Å². The number of nitrogens with zero attached hydrogens (tertiary/aromatic N) is 2. The van der Waals surface area contributed by atoms with Gasteiger partial charge in [0.15, 0.2) is 10.7 Å². The number of rotatable bonds is 2. The molecule has 2 aromatic heterocycles. The minimum atomic E-state index is -0.337. The Balaban J connectivity index is 2.11. The number of aromatic nitrogens is 2. The molecular formula is C16H22N2O2S. The topological polar surface area (TPSA) is 43.6 Å². The van der Waals surface area contributed by atoms with Gasteiger partial charge in [0.1, 0.15) is 0 Å². The van der Waals surface area contributed by atoms with Gasteiger partial charge in [0.05, 0.1) is 6.61 Å². The zero-order chi connectivity index (χ0) is 15.4. The van der Waals surface area contributed by atoms with Gasteiger partial charge in [-0.05, 0) is 25.2 Å². The Morgan fingerprint density at radius 3 is 2.81 bits per heavy atom. The second-order valence-corrected chi connectivity index (χ2v) is 8.26. The molecule has 0 amide bonds. The van der Waals surface area contributed by atoms with Gasteiger partial charge in [-0.25, -0.2) is 9.78 Å². The van der Waals surface area contributed by atoms with Crippen LogP contribution in [0.3, 0.4) is 0 Å².